The number of rotatable bonds is 2. The predicted molar refractivity (Wildman–Crippen MR) is 43.1 cm³/mol. The minimum absolute atomic E-state index is 0. The summed E-state index contributed by atoms with van der Waals surface area (Å²) in [4.78, 5) is 10.4. The minimum atomic E-state index is -1.12. The summed E-state index contributed by atoms with van der Waals surface area (Å²) in [6, 6.07) is 6.14. The maximum atomic E-state index is 10.4. The molecule has 1 aromatic rings. The van der Waals surface area contributed by atoms with Crippen LogP contribution in [-0.4, -0.2) is 32.2 Å². The number of hydrogen-bond donors (Lipinski definition) is 1. The molecule has 12 heavy (non-hydrogen) atoms. The average Bonchev–Trinajstić information content (AvgIpc) is 2.05. The molecule has 0 radical (unpaired) electrons. The molecule has 0 saturated heterocycles. The van der Waals surface area contributed by atoms with Gasteiger partial charge in [0.25, 0.3) is 0 Å². The first-order valence-electron chi connectivity index (χ1n) is 2.91. The topological polar surface area (TPSA) is 85.9 Å². The van der Waals surface area contributed by atoms with E-state index in [9.17, 15) is 8.53 Å². The van der Waals surface area contributed by atoms with E-state index in [4.69, 9.17) is 5.11 Å². The van der Waals surface area contributed by atoms with Gasteiger partial charge in [-0.3, -0.25) is 0 Å². The average molecular weight is 230 g/mol. The van der Waals surface area contributed by atoms with Gasteiger partial charge in [0.15, 0.2) is 0 Å². The molecule has 64 valence electrons. The first-order chi connectivity index (χ1) is 5.24. The summed E-state index contributed by atoms with van der Waals surface area (Å²) >= 11 is -1.12. The SMILES string of the molecule is O.O=[As]c1cccc(C(=O)O)c1. The zero-order chi connectivity index (χ0) is 8.27. The van der Waals surface area contributed by atoms with Gasteiger partial charge in [0.05, 0.1) is 0 Å². The Morgan fingerprint density at radius 2 is 2.08 bits per heavy atom. The van der Waals surface area contributed by atoms with E-state index in [1.54, 1.807) is 12.1 Å². The Bertz CT molecular complexity index is 297. The predicted octanol–water partition coefficient (Wildman–Crippen LogP) is -0.765. The zero-order valence-corrected chi connectivity index (χ0v) is 7.90. The molecule has 0 unspecified atom stereocenters. The quantitative estimate of drug-likeness (QED) is 0.677. The zero-order valence-electron chi connectivity index (χ0n) is 6.02. The van der Waals surface area contributed by atoms with Crippen LogP contribution in [0.2, 0.25) is 0 Å². The van der Waals surface area contributed by atoms with Gasteiger partial charge in [0.1, 0.15) is 0 Å². The van der Waals surface area contributed by atoms with Crippen LogP contribution < -0.4 is 4.35 Å². The fraction of sp³-hybridized carbons (Fsp3) is 0. The van der Waals surface area contributed by atoms with Crippen LogP contribution in [0.3, 0.4) is 0 Å². The summed E-state index contributed by atoms with van der Waals surface area (Å²) in [6.07, 6.45) is 0. The summed E-state index contributed by atoms with van der Waals surface area (Å²) < 4.78 is 11.0. The van der Waals surface area contributed by atoms with Crippen LogP contribution in [0.1, 0.15) is 10.4 Å². The molecule has 0 aromatic heterocycles. The molecule has 0 spiro atoms. The fourth-order valence-corrected chi connectivity index (χ4v) is 1.41. The Hall–Kier alpha value is -0.992. The van der Waals surface area contributed by atoms with Crippen molar-refractivity contribution < 1.29 is 19.1 Å². The van der Waals surface area contributed by atoms with Crippen molar-refractivity contribution in [2.75, 3.05) is 0 Å². The third kappa shape index (κ3) is 2.56. The first-order valence-corrected chi connectivity index (χ1v) is 4.61. The second kappa shape index (κ2) is 4.80. The molecule has 0 amide bonds. The van der Waals surface area contributed by atoms with Crippen molar-refractivity contribution in [3.63, 3.8) is 0 Å². The van der Waals surface area contributed by atoms with Crippen molar-refractivity contribution in [1.82, 2.24) is 0 Å². The van der Waals surface area contributed by atoms with Crippen LogP contribution in [0.15, 0.2) is 24.3 Å². The summed E-state index contributed by atoms with van der Waals surface area (Å²) in [5.41, 5.74) is 0.189. The standard InChI is InChI=1S/C7H5AsO3.H2O/c9-7(10)5-2-1-3-6(4-5)8-11;/h1-4H,(H,9,10);1H2. The van der Waals surface area contributed by atoms with Crippen LogP contribution in [0.4, 0.5) is 0 Å². The van der Waals surface area contributed by atoms with Crippen molar-refractivity contribution in [2.45, 2.75) is 0 Å². The number of benzene rings is 1. The summed E-state index contributed by atoms with van der Waals surface area (Å²) in [5, 5.41) is 8.51. The molecule has 0 aliphatic rings. The van der Waals surface area contributed by atoms with Gasteiger partial charge >= 0.3 is 69.5 Å². The molecule has 0 saturated carbocycles. The number of carboxylic acid groups (broad SMARTS) is 1. The Labute approximate surface area is 75.4 Å². The summed E-state index contributed by atoms with van der Waals surface area (Å²) in [5.74, 6) is -0.985. The molecule has 0 aliphatic heterocycles. The normalized spacial score (nSPS) is 9.00. The van der Waals surface area contributed by atoms with E-state index >= 15 is 0 Å². The number of carbonyl (C=O) groups is 1. The Morgan fingerprint density at radius 1 is 1.42 bits per heavy atom. The van der Waals surface area contributed by atoms with E-state index in [2.05, 4.69) is 0 Å². The van der Waals surface area contributed by atoms with Gasteiger partial charge in [-0.1, -0.05) is 0 Å². The molecule has 1 aromatic carbocycles. The van der Waals surface area contributed by atoms with E-state index < -0.39 is 21.7 Å². The summed E-state index contributed by atoms with van der Waals surface area (Å²) in [7, 11) is 0. The van der Waals surface area contributed by atoms with E-state index in [1.165, 1.54) is 12.1 Å². The molecular formula is C7H7AsO4. The van der Waals surface area contributed by atoms with Crippen molar-refractivity contribution in [3.8, 4) is 0 Å². The van der Waals surface area contributed by atoms with Gasteiger partial charge in [-0.15, -0.1) is 0 Å². The van der Waals surface area contributed by atoms with Crippen molar-refractivity contribution in [3.05, 3.63) is 29.8 Å². The van der Waals surface area contributed by atoms with Crippen molar-refractivity contribution in [1.29, 1.82) is 0 Å². The van der Waals surface area contributed by atoms with Gasteiger partial charge in [-0.2, -0.15) is 0 Å². The van der Waals surface area contributed by atoms with Gasteiger partial charge in [0.2, 0.25) is 0 Å². The molecule has 0 fully saturated rings. The van der Waals surface area contributed by atoms with E-state index in [0.29, 0.717) is 4.35 Å². The van der Waals surface area contributed by atoms with Crippen molar-refractivity contribution in [2.24, 2.45) is 0 Å². The van der Waals surface area contributed by atoms with Crippen LogP contribution in [0.5, 0.6) is 0 Å². The van der Waals surface area contributed by atoms with E-state index in [-0.39, 0.29) is 11.0 Å². The van der Waals surface area contributed by atoms with Crippen LogP contribution in [0.25, 0.3) is 0 Å². The van der Waals surface area contributed by atoms with Crippen LogP contribution in [-0.2, 0) is 3.74 Å². The Balaban J connectivity index is 0.00000121. The fourth-order valence-electron chi connectivity index (χ4n) is 0.696. The second-order valence-corrected chi connectivity index (χ2v) is 3.41. The molecule has 0 heterocycles. The number of aromatic carboxylic acids is 1. The van der Waals surface area contributed by atoms with E-state index in [1.807, 2.05) is 0 Å². The van der Waals surface area contributed by atoms with Crippen LogP contribution in [0, 0.1) is 0 Å². The van der Waals surface area contributed by atoms with Crippen LogP contribution >= 0.6 is 0 Å². The van der Waals surface area contributed by atoms with Gasteiger partial charge in [-0.25, -0.2) is 0 Å². The molecule has 4 nitrogen and oxygen atoms in total. The van der Waals surface area contributed by atoms with Gasteiger partial charge in [0, 0.05) is 0 Å². The molecule has 0 aliphatic carbocycles. The Morgan fingerprint density at radius 3 is 2.58 bits per heavy atom. The molecule has 0 bridgehead atoms. The Kier molecular flexibility index (Phi) is 4.40. The van der Waals surface area contributed by atoms with Gasteiger partial charge in [-0.05, 0) is 0 Å². The second-order valence-electron chi connectivity index (χ2n) is 1.95. The first kappa shape index (κ1) is 11.0. The number of hydrogen-bond acceptors (Lipinski definition) is 2. The van der Waals surface area contributed by atoms with Gasteiger partial charge < -0.3 is 5.48 Å². The third-order valence-electron chi connectivity index (χ3n) is 1.20. The number of carboxylic acids is 1. The summed E-state index contributed by atoms with van der Waals surface area (Å²) in [6.45, 7) is 0. The molecular weight excluding hydrogens is 223 g/mol. The van der Waals surface area contributed by atoms with Crippen molar-refractivity contribution >= 4 is 26.0 Å². The van der Waals surface area contributed by atoms with E-state index in [0.717, 1.165) is 0 Å². The third-order valence-corrected chi connectivity index (χ3v) is 2.22. The molecule has 3 N–H and O–H groups in total. The monoisotopic (exact) mass is 230 g/mol. The molecule has 0 atom stereocenters. The maximum absolute atomic E-state index is 10.4. The molecule has 1 rings (SSSR count). The molecule has 5 heteroatoms.